The number of hydrogen-bond acceptors (Lipinski definition) is 5. The van der Waals surface area contributed by atoms with Crippen LogP contribution < -0.4 is 9.03 Å². The Hall–Kier alpha value is -2.44. The summed E-state index contributed by atoms with van der Waals surface area (Å²) in [5.41, 5.74) is 0.902. The lowest BCUT2D eigenvalue weighted by Gasteiger charge is -2.17. The van der Waals surface area contributed by atoms with Crippen LogP contribution in [0.15, 0.2) is 29.2 Å². The molecule has 124 valence electrons. The summed E-state index contributed by atoms with van der Waals surface area (Å²) < 4.78 is 49.1. The number of benzene rings is 1. The summed E-state index contributed by atoms with van der Waals surface area (Å²) in [4.78, 5) is 1.97. The summed E-state index contributed by atoms with van der Waals surface area (Å²) in [6.07, 6.45) is 7.05. The molecular weight excluding hydrogens is 348 g/mol. The van der Waals surface area contributed by atoms with Crippen molar-refractivity contribution in [2.45, 2.75) is 17.7 Å². The van der Waals surface area contributed by atoms with E-state index in [1.54, 1.807) is 21.5 Å². The Morgan fingerprint density at radius 3 is 2.17 bits per heavy atom. The van der Waals surface area contributed by atoms with Crippen LogP contribution in [0.5, 0.6) is 0 Å². The van der Waals surface area contributed by atoms with Crippen LogP contribution in [-0.2, 0) is 20.0 Å². The van der Waals surface area contributed by atoms with Crippen molar-refractivity contribution in [2.75, 3.05) is 18.0 Å². The van der Waals surface area contributed by atoms with Crippen LogP contribution in [0.4, 0.5) is 5.69 Å². The topological polar surface area (TPSA) is 83.5 Å². The highest BCUT2D eigenvalue weighted by atomic mass is 32.3. The van der Waals surface area contributed by atoms with Gasteiger partial charge in [-0.05, 0) is 48.9 Å². The van der Waals surface area contributed by atoms with Crippen molar-refractivity contribution in [3.8, 4) is 35.4 Å². The third-order valence-corrected chi connectivity index (χ3v) is 6.24. The first-order valence-electron chi connectivity index (χ1n) is 6.95. The molecule has 1 aliphatic rings. The maximum absolute atomic E-state index is 12.1. The van der Waals surface area contributed by atoms with Gasteiger partial charge in [0.05, 0.1) is 10.1 Å². The standard InChI is InChI=1S/C16H14N2O4S2/c1-2-3-4-7-14-23(19,20)17-24(21,22)16-10-8-15(9-11-16)18-12-5-6-13-18/h1,8-11,17H,5-6,12-13H2. The highest BCUT2D eigenvalue weighted by Gasteiger charge is 2.22. The van der Waals surface area contributed by atoms with E-state index in [0.717, 1.165) is 31.6 Å². The number of terminal acetylenes is 1. The largest absolute Gasteiger partial charge is 0.372 e. The van der Waals surface area contributed by atoms with E-state index in [2.05, 4.69) is 16.7 Å². The number of nitrogens with one attached hydrogen (secondary N) is 1. The third kappa shape index (κ3) is 4.78. The number of anilines is 1. The molecule has 1 N–H and O–H groups in total. The molecule has 8 heteroatoms. The SMILES string of the molecule is C#CC#CC#CS(=O)(=O)NS(=O)(=O)c1ccc(N2CCCC2)cc1. The van der Waals surface area contributed by atoms with Crippen LogP contribution in [0.25, 0.3) is 0 Å². The molecule has 2 rings (SSSR count). The Balaban J connectivity index is 2.17. The summed E-state index contributed by atoms with van der Waals surface area (Å²) in [5.74, 6) is 8.12. The van der Waals surface area contributed by atoms with Gasteiger partial charge in [0.2, 0.25) is 0 Å². The predicted molar refractivity (Wildman–Crippen MR) is 91.5 cm³/mol. The van der Waals surface area contributed by atoms with Crippen molar-refractivity contribution in [1.29, 1.82) is 0 Å². The molecule has 0 aromatic heterocycles. The highest BCUT2D eigenvalue weighted by molar-refractivity contribution is 8.07. The van der Waals surface area contributed by atoms with Gasteiger partial charge in [-0.15, -0.1) is 6.42 Å². The molecule has 0 unspecified atom stereocenters. The molecule has 1 aromatic carbocycles. The van der Waals surface area contributed by atoms with E-state index in [4.69, 9.17) is 6.42 Å². The van der Waals surface area contributed by atoms with Crippen LogP contribution in [0.3, 0.4) is 0 Å². The zero-order chi connectivity index (χ0) is 17.6. The molecule has 0 bridgehead atoms. The first-order chi connectivity index (χ1) is 11.3. The van der Waals surface area contributed by atoms with Gasteiger partial charge in [-0.2, -0.15) is 8.42 Å². The minimum Gasteiger partial charge on any atom is -0.372 e. The van der Waals surface area contributed by atoms with E-state index in [0.29, 0.717) is 0 Å². The summed E-state index contributed by atoms with van der Waals surface area (Å²) in [6, 6.07) is 6.02. The fraction of sp³-hybridized carbons (Fsp3) is 0.250. The van der Waals surface area contributed by atoms with Crippen LogP contribution in [-0.4, -0.2) is 29.9 Å². The van der Waals surface area contributed by atoms with Crippen molar-refractivity contribution in [1.82, 2.24) is 4.13 Å². The van der Waals surface area contributed by atoms with Gasteiger partial charge in [-0.3, -0.25) is 0 Å². The molecule has 0 amide bonds. The zero-order valence-electron chi connectivity index (χ0n) is 12.6. The minimum absolute atomic E-state index is 0.162. The second kappa shape index (κ2) is 7.42. The summed E-state index contributed by atoms with van der Waals surface area (Å²) >= 11 is 0. The van der Waals surface area contributed by atoms with Gasteiger partial charge in [-0.25, -0.2) is 8.42 Å². The molecule has 0 saturated carbocycles. The van der Waals surface area contributed by atoms with Crippen LogP contribution in [0.2, 0.25) is 0 Å². The van der Waals surface area contributed by atoms with Crippen LogP contribution >= 0.6 is 0 Å². The average Bonchev–Trinajstić information content (AvgIpc) is 3.05. The summed E-state index contributed by atoms with van der Waals surface area (Å²) in [5, 5.41) is 1.73. The molecular formula is C16H14N2O4S2. The Kier molecular flexibility index (Phi) is 5.54. The Bertz CT molecular complexity index is 975. The van der Waals surface area contributed by atoms with E-state index in [1.165, 1.54) is 12.1 Å². The average molecular weight is 362 g/mol. The van der Waals surface area contributed by atoms with E-state index >= 15 is 0 Å². The van der Waals surface area contributed by atoms with E-state index < -0.39 is 20.0 Å². The van der Waals surface area contributed by atoms with Crippen LogP contribution in [0, 0.1) is 35.4 Å². The Morgan fingerprint density at radius 1 is 0.958 bits per heavy atom. The van der Waals surface area contributed by atoms with Crippen molar-refractivity contribution in [3.63, 3.8) is 0 Å². The fourth-order valence-corrected chi connectivity index (χ4v) is 4.57. The molecule has 1 aliphatic heterocycles. The van der Waals surface area contributed by atoms with Gasteiger partial charge in [0.1, 0.15) is 0 Å². The summed E-state index contributed by atoms with van der Waals surface area (Å²) in [6.45, 7) is 1.85. The van der Waals surface area contributed by atoms with Gasteiger partial charge in [0, 0.05) is 30.6 Å². The number of nitrogens with zero attached hydrogens (tertiary/aromatic N) is 1. The highest BCUT2D eigenvalue weighted by Crippen LogP contribution is 2.22. The Labute approximate surface area is 142 Å². The van der Waals surface area contributed by atoms with Gasteiger partial charge >= 0.3 is 0 Å². The monoisotopic (exact) mass is 362 g/mol. The molecule has 1 saturated heterocycles. The second-order valence-corrected chi connectivity index (χ2v) is 8.26. The lowest BCUT2D eigenvalue weighted by Crippen LogP contribution is -2.29. The molecule has 1 fully saturated rings. The number of sulfonamides is 2. The van der Waals surface area contributed by atoms with E-state index in [-0.39, 0.29) is 4.90 Å². The third-order valence-electron chi connectivity index (χ3n) is 3.22. The van der Waals surface area contributed by atoms with Gasteiger partial charge in [0.15, 0.2) is 0 Å². The van der Waals surface area contributed by atoms with Gasteiger partial charge in [-0.1, -0.05) is 4.13 Å². The molecule has 0 radical (unpaired) electrons. The van der Waals surface area contributed by atoms with Gasteiger partial charge in [0.25, 0.3) is 20.0 Å². The number of rotatable bonds is 4. The lowest BCUT2D eigenvalue weighted by atomic mass is 10.3. The quantitative estimate of drug-likeness (QED) is 0.789. The minimum atomic E-state index is -4.37. The molecule has 6 nitrogen and oxygen atoms in total. The molecule has 0 aliphatic carbocycles. The molecule has 0 atom stereocenters. The van der Waals surface area contributed by atoms with Gasteiger partial charge < -0.3 is 4.90 Å². The first kappa shape index (κ1) is 17.9. The fourth-order valence-electron chi connectivity index (χ4n) is 2.18. The molecule has 0 spiro atoms. The number of hydrogen-bond donors (Lipinski definition) is 1. The molecule has 1 aromatic rings. The summed E-state index contributed by atoms with van der Waals surface area (Å²) in [7, 11) is -8.62. The maximum Gasteiger partial charge on any atom is 0.294 e. The van der Waals surface area contributed by atoms with E-state index in [9.17, 15) is 16.8 Å². The molecule has 1 heterocycles. The molecule has 24 heavy (non-hydrogen) atoms. The first-order valence-corrected chi connectivity index (χ1v) is 9.92. The smallest absolute Gasteiger partial charge is 0.294 e. The normalized spacial score (nSPS) is 14.0. The Morgan fingerprint density at radius 2 is 1.58 bits per heavy atom. The lowest BCUT2D eigenvalue weighted by molar-refractivity contribution is 0.582. The van der Waals surface area contributed by atoms with Crippen LogP contribution in [0.1, 0.15) is 12.8 Å². The predicted octanol–water partition coefficient (Wildman–Crippen LogP) is 0.492. The second-order valence-electron chi connectivity index (χ2n) is 4.90. The van der Waals surface area contributed by atoms with Crippen molar-refractivity contribution in [3.05, 3.63) is 24.3 Å². The zero-order valence-corrected chi connectivity index (χ0v) is 14.2. The van der Waals surface area contributed by atoms with Crippen molar-refractivity contribution in [2.24, 2.45) is 0 Å². The van der Waals surface area contributed by atoms with Crippen molar-refractivity contribution >= 4 is 25.7 Å². The van der Waals surface area contributed by atoms with Crippen molar-refractivity contribution < 1.29 is 16.8 Å². The van der Waals surface area contributed by atoms with E-state index in [1.807, 2.05) is 11.8 Å². The maximum atomic E-state index is 12.1.